The number of benzene rings is 2. The van der Waals surface area contributed by atoms with Crippen molar-refractivity contribution in [1.82, 2.24) is 15.2 Å². The summed E-state index contributed by atoms with van der Waals surface area (Å²) >= 11 is 0. The third kappa shape index (κ3) is 5.44. The van der Waals surface area contributed by atoms with Crippen molar-refractivity contribution in [3.8, 4) is 11.5 Å². The Kier molecular flexibility index (Phi) is 6.52. The lowest BCUT2D eigenvalue weighted by atomic mass is 10.1. The van der Waals surface area contributed by atoms with E-state index in [0.29, 0.717) is 42.7 Å². The Morgan fingerprint density at radius 1 is 1.06 bits per heavy atom. The normalized spacial score (nSPS) is 13.3. The minimum absolute atomic E-state index is 0.179. The molecule has 1 N–H and O–H groups in total. The number of nitrogens with zero attached hydrogens (tertiary/aromatic N) is 2. The molecule has 31 heavy (non-hydrogen) atoms. The molecule has 0 atom stereocenters. The summed E-state index contributed by atoms with van der Waals surface area (Å²) in [5.74, 6) is 1.72. The van der Waals surface area contributed by atoms with Crippen LogP contribution in [0.1, 0.15) is 40.3 Å². The number of aromatic nitrogens is 1. The van der Waals surface area contributed by atoms with Gasteiger partial charge >= 0.3 is 0 Å². The fraction of sp³-hybridized carbons (Fsp3) is 0.333. The summed E-state index contributed by atoms with van der Waals surface area (Å²) < 4.78 is 16.7. The average molecular weight is 421 g/mol. The summed E-state index contributed by atoms with van der Waals surface area (Å²) in [6.07, 6.45) is 3.49. The molecule has 0 radical (unpaired) electrons. The van der Waals surface area contributed by atoms with Crippen LogP contribution in [0.25, 0.3) is 0 Å². The monoisotopic (exact) mass is 421 g/mol. The Labute approximate surface area is 182 Å². The minimum Gasteiger partial charge on any atom is -0.493 e. The van der Waals surface area contributed by atoms with Crippen molar-refractivity contribution in [2.24, 2.45) is 0 Å². The quantitative estimate of drug-likeness (QED) is 0.537. The second kappa shape index (κ2) is 9.66. The first-order chi connectivity index (χ1) is 15.2. The average Bonchev–Trinajstić information content (AvgIpc) is 3.48. The molecule has 0 saturated heterocycles. The summed E-state index contributed by atoms with van der Waals surface area (Å²) in [7, 11) is 3.27. The van der Waals surface area contributed by atoms with E-state index in [1.807, 2.05) is 36.4 Å². The molecule has 3 aromatic rings. The molecule has 1 aromatic heterocycles. The Balaban J connectivity index is 1.53. The van der Waals surface area contributed by atoms with Crippen molar-refractivity contribution >= 4 is 5.91 Å². The molecule has 0 unspecified atom stereocenters. The minimum atomic E-state index is -0.179. The van der Waals surface area contributed by atoms with Gasteiger partial charge in [0, 0.05) is 24.7 Å². The van der Waals surface area contributed by atoms with Gasteiger partial charge in [-0.3, -0.25) is 9.69 Å². The van der Waals surface area contributed by atoms with E-state index in [0.717, 1.165) is 18.4 Å². The summed E-state index contributed by atoms with van der Waals surface area (Å²) in [6, 6.07) is 16.3. The largest absolute Gasteiger partial charge is 0.493 e. The molecule has 1 amide bonds. The molecule has 4 rings (SSSR count). The Morgan fingerprint density at radius 3 is 2.58 bits per heavy atom. The molecule has 0 aliphatic heterocycles. The van der Waals surface area contributed by atoms with Gasteiger partial charge in [0.15, 0.2) is 17.2 Å². The molecule has 0 spiro atoms. The fourth-order valence-electron chi connectivity index (χ4n) is 3.49. The predicted molar refractivity (Wildman–Crippen MR) is 116 cm³/mol. The van der Waals surface area contributed by atoms with Gasteiger partial charge in [-0.25, -0.2) is 4.98 Å². The van der Waals surface area contributed by atoms with Crippen LogP contribution in [0, 0.1) is 0 Å². The van der Waals surface area contributed by atoms with Gasteiger partial charge in [-0.1, -0.05) is 42.5 Å². The zero-order valence-corrected chi connectivity index (χ0v) is 17.8. The zero-order chi connectivity index (χ0) is 21.6. The molecule has 0 bridgehead atoms. The predicted octanol–water partition coefficient (Wildman–Crippen LogP) is 3.79. The number of nitrogens with one attached hydrogen (secondary N) is 1. The van der Waals surface area contributed by atoms with Crippen LogP contribution in [-0.4, -0.2) is 36.1 Å². The van der Waals surface area contributed by atoms with Crippen molar-refractivity contribution in [1.29, 1.82) is 0 Å². The SMILES string of the molecule is COc1cccc(CN(Cc2ccccc2)Cc2nc(C(=O)NC3CC3)co2)c1OC. The highest BCUT2D eigenvalue weighted by molar-refractivity contribution is 5.92. The van der Waals surface area contributed by atoms with E-state index in [2.05, 4.69) is 27.3 Å². The number of rotatable bonds is 10. The van der Waals surface area contributed by atoms with Crippen LogP contribution in [-0.2, 0) is 19.6 Å². The molecule has 1 saturated carbocycles. The first-order valence-corrected chi connectivity index (χ1v) is 10.4. The van der Waals surface area contributed by atoms with Gasteiger partial charge in [-0.15, -0.1) is 0 Å². The van der Waals surface area contributed by atoms with E-state index in [1.54, 1.807) is 14.2 Å². The molecule has 1 heterocycles. The van der Waals surface area contributed by atoms with Gasteiger partial charge in [0.1, 0.15) is 6.26 Å². The molecule has 7 nitrogen and oxygen atoms in total. The molecule has 1 aliphatic rings. The Morgan fingerprint density at radius 2 is 1.87 bits per heavy atom. The van der Waals surface area contributed by atoms with Gasteiger partial charge in [0.25, 0.3) is 5.91 Å². The Bertz CT molecular complexity index is 1010. The van der Waals surface area contributed by atoms with Crippen molar-refractivity contribution in [3.63, 3.8) is 0 Å². The molecular formula is C24H27N3O4. The van der Waals surface area contributed by atoms with E-state index in [1.165, 1.54) is 11.8 Å². The molecule has 2 aromatic carbocycles. The van der Waals surface area contributed by atoms with Crippen LogP contribution in [0.5, 0.6) is 11.5 Å². The molecule has 1 fully saturated rings. The third-order valence-electron chi connectivity index (χ3n) is 5.18. The first-order valence-electron chi connectivity index (χ1n) is 10.4. The van der Waals surface area contributed by atoms with Crippen LogP contribution in [0.3, 0.4) is 0 Å². The van der Waals surface area contributed by atoms with Gasteiger partial charge in [0.05, 0.1) is 20.8 Å². The topological polar surface area (TPSA) is 76.8 Å². The first kappa shape index (κ1) is 20.9. The summed E-state index contributed by atoms with van der Waals surface area (Å²) in [5, 5.41) is 2.94. The standard InChI is InChI=1S/C24H27N3O4/c1-29-21-10-6-9-18(23(21)30-2)14-27(13-17-7-4-3-5-8-17)15-22-26-20(16-31-22)24(28)25-19-11-12-19/h3-10,16,19H,11-15H2,1-2H3,(H,25,28). The molecule has 1 aliphatic carbocycles. The zero-order valence-electron chi connectivity index (χ0n) is 17.8. The number of amides is 1. The highest BCUT2D eigenvalue weighted by Crippen LogP contribution is 2.32. The number of oxazole rings is 1. The molecular weight excluding hydrogens is 394 g/mol. The highest BCUT2D eigenvalue weighted by atomic mass is 16.5. The van der Waals surface area contributed by atoms with Crippen LogP contribution < -0.4 is 14.8 Å². The van der Waals surface area contributed by atoms with Crippen molar-refractivity contribution in [3.05, 3.63) is 77.5 Å². The lowest BCUT2D eigenvalue weighted by molar-refractivity contribution is 0.0946. The van der Waals surface area contributed by atoms with E-state index in [-0.39, 0.29) is 11.9 Å². The summed E-state index contributed by atoms with van der Waals surface area (Å²) in [6.45, 7) is 1.74. The van der Waals surface area contributed by atoms with Crippen molar-refractivity contribution < 1.29 is 18.7 Å². The second-order valence-corrected chi connectivity index (χ2v) is 7.66. The van der Waals surface area contributed by atoms with Crippen LogP contribution in [0.2, 0.25) is 0 Å². The van der Waals surface area contributed by atoms with Crippen LogP contribution >= 0.6 is 0 Å². The number of carbonyl (C=O) groups excluding carboxylic acids is 1. The smallest absolute Gasteiger partial charge is 0.273 e. The lowest BCUT2D eigenvalue weighted by Crippen LogP contribution is -2.26. The maximum Gasteiger partial charge on any atom is 0.273 e. The maximum atomic E-state index is 12.3. The Hall–Kier alpha value is -3.32. The summed E-state index contributed by atoms with van der Waals surface area (Å²) in [4.78, 5) is 18.9. The van der Waals surface area contributed by atoms with Gasteiger partial charge < -0.3 is 19.2 Å². The maximum absolute atomic E-state index is 12.3. The number of para-hydroxylation sites is 1. The van der Waals surface area contributed by atoms with Gasteiger partial charge in [0.2, 0.25) is 5.89 Å². The van der Waals surface area contributed by atoms with Crippen molar-refractivity contribution in [2.45, 2.75) is 38.5 Å². The third-order valence-corrected chi connectivity index (χ3v) is 5.18. The van der Waals surface area contributed by atoms with Gasteiger partial charge in [-0.05, 0) is 24.5 Å². The van der Waals surface area contributed by atoms with E-state index < -0.39 is 0 Å². The van der Waals surface area contributed by atoms with Gasteiger partial charge in [-0.2, -0.15) is 0 Å². The highest BCUT2D eigenvalue weighted by Gasteiger charge is 2.25. The number of methoxy groups -OCH3 is 2. The van der Waals surface area contributed by atoms with Crippen LogP contribution in [0.15, 0.2) is 59.2 Å². The van der Waals surface area contributed by atoms with E-state index in [9.17, 15) is 4.79 Å². The number of ether oxygens (including phenoxy) is 2. The number of carbonyl (C=O) groups is 1. The second-order valence-electron chi connectivity index (χ2n) is 7.66. The lowest BCUT2D eigenvalue weighted by Gasteiger charge is -2.23. The number of hydrogen-bond donors (Lipinski definition) is 1. The van der Waals surface area contributed by atoms with E-state index >= 15 is 0 Å². The molecule has 7 heteroatoms. The summed E-state index contributed by atoms with van der Waals surface area (Å²) in [5.41, 5.74) is 2.49. The molecule has 162 valence electrons. The number of hydrogen-bond acceptors (Lipinski definition) is 6. The van der Waals surface area contributed by atoms with Crippen LogP contribution in [0.4, 0.5) is 0 Å². The van der Waals surface area contributed by atoms with E-state index in [4.69, 9.17) is 13.9 Å². The van der Waals surface area contributed by atoms with Crippen molar-refractivity contribution in [2.75, 3.05) is 14.2 Å². The fourth-order valence-corrected chi connectivity index (χ4v) is 3.49.